The molecule has 0 aliphatic heterocycles. The lowest BCUT2D eigenvalue weighted by atomic mass is 10.2. The summed E-state index contributed by atoms with van der Waals surface area (Å²) in [7, 11) is 5.61. The number of methoxy groups -OCH3 is 1. The number of benzene rings is 2. The van der Waals surface area contributed by atoms with Gasteiger partial charge in [0.1, 0.15) is 22.2 Å². The third-order valence-electron chi connectivity index (χ3n) is 4.63. The highest BCUT2D eigenvalue weighted by atomic mass is 16.5. The molecule has 0 fully saturated rings. The molecular weight excluding hydrogens is 394 g/mol. The molecule has 0 radical (unpaired) electrons. The molecule has 3 rings (SSSR count). The zero-order chi connectivity index (χ0) is 22.2. The largest absolute Gasteiger partial charge is 0.496 e. The zero-order valence-electron chi connectivity index (χ0n) is 18.0. The number of aromatic nitrogens is 2. The van der Waals surface area contributed by atoms with E-state index in [4.69, 9.17) is 9.47 Å². The molecule has 2 N–H and O–H groups in total. The highest BCUT2D eigenvalue weighted by molar-refractivity contribution is 5.56. The Balaban J connectivity index is 1.82. The minimum Gasteiger partial charge on any atom is -0.496 e. The third-order valence-corrected chi connectivity index (χ3v) is 4.63. The second-order valence-corrected chi connectivity index (χ2v) is 7.34. The number of hydrogen-bond acceptors (Lipinski definition) is 5. The van der Waals surface area contributed by atoms with Crippen molar-refractivity contribution in [2.45, 2.75) is 6.42 Å². The van der Waals surface area contributed by atoms with E-state index >= 15 is 0 Å². The molecule has 1 heterocycles. The first kappa shape index (κ1) is 22.1. The molecule has 7 nitrogen and oxygen atoms in total. The Labute approximate surface area is 180 Å². The van der Waals surface area contributed by atoms with Crippen LogP contribution in [0.15, 0.2) is 58.1 Å². The van der Waals surface area contributed by atoms with Gasteiger partial charge in [0.15, 0.2) is 0 Å². The molecule has 0 aliphatic rings. The molecule has 0 aliphatic carbocycles. The van der Waals surface area contributed by atoms with E-state index in [2.05, 4.69) is 14.9 Å². The van der Waals surface area contributed by atoms with Gasteiger partial charge < -0.3 is 24.3 Å². The molecule has 0 amide bonds. The van der Waals surface area contributed by atoms with Gasteiger partial charge in [0.2, 0.25) is 0 Å². The highest BCUT2D eigenvalue weighted by Gasteiger charge is 2.01. The number of para-hydroxylation sites is 1. The topological polar surface area (TPSA) is 87.4 Å². The van der Waals surface area contributed by atoms with Gasteiger partial charge in [0.25, 0.3) is 11.1 Å². The Morgan fingerprint density at radius 1 is 0.903 bits per heavy atom. The molecule has 0 bridgehead atoms. The number of hydrogen-bond donors (Lipinski definition) is 2. The maximum atomic E-state index is 12.5. The van der Waals surface area contributed by atoms with Crippen LogP contribution in [0.2, 0.25) is 0 Å². The van der Waals surface area contributed by atoms with Crippen LogP contribution in [0.1, 0.15) is 17.5 Å². The first-order chi connectivity index (χ1) is 15.0. The van der Waals surface area contributed by atoms with Crippen LogP contribution in [0, 0.1) is 0 Å². The molecule has 7 heteroatoms. The summed E-state index contributed by atoms with van der Waals surface area (Å²) >= 11 is 0. The maximum absolute atomic E-state index is 12.5. The van der Waals surface area contributed by atoms with E-state index in [1.165, 1.54) is 0 Å². The highest BCUT2D eigenvalue weighted by Crippen LogP contribution is 2.17. The van der Waals surface area contributed by atoms with Crippen LogP contribution in [0.25, 0.3) is 12.2 Å². The standard InChI is InChI=1S/C24H27N3O4/c1-27(2)13-6-14-31-19-11-9-17(10-12-19)15-20-23(28)26-21(24(29)25-20)16-18-7-4-5-8-22(18)30-3/h4-5,7-12,15-16H,6,13-14H2,1-3H3,(H,25,29)(H,26,28). The van der Waals surface area contributed by atoms with Crippen LogP contribution in [0.3, 0.4) is 0 Å². The van der Waals surface area contributed by atoms with E-state index in [-0.39, 0.29) is 16.3 Å². The van der Waals surface area contributed by atoms with Crippen molar-refractivity contribution in [3.8, 4) is 11.5 Å². The van der Waals surface area contributed by atoms with Crippen molar-refractivity contribution in [1.82, 2.24) is 14.9 Å². The van der Waals surface area contributed by atoms with E-state index in [1.807, 2.05) is 50.5 Å². The smallest absolute Gasteiger partial charge is 0.272 e. The summed E-state index contributed by atoms with van der Waals surface area (Å²) in [5.74, 6) is 1.38. The summed E-state index contributed by atoms with van der Waals surface area (Å²) in [6.07, 6.45) is 4.16. The van der Waals surface area contributed by atoms with Crippen molar-refractivity contribution in [2.75, 3.05) is 34.4 Å². The number of aromatic amines is 2. The van der Waals surface area contributed by atoms with Gasteiger partial charge in [-0.05, 0) is 56.4 Å². The van der Waals surface area contributed by atoms with Crippen LogP contribution in [-0.4, -0.2) is 49.2 Å². The molecule has 0 saturated heterocycles. The lowest BCUT2D eigenvalue weighted by molar-refractivity contribution is 0.281. The molecule has 0 spiro atoms. The van der Waals surface area contributed by atoms with Crippen molar-refractivity contribution in [3.05, 3.63) is 91.1 Å². The minimum absolute atomic E-state index is 0.160. The third kappa shape index (κ3) is 6.20. The Kier molecular flexibility index (Phi) is 7.45. The maximum Gasteiger partial charge on any atom is 0.272 e. The van der Waals surface area contributed by atoms with Crippen molar-refractivity contribution in [3.63, 3.8) is 0 Å². The lowest BCUT2D eigenvalue weighted by Gasteiger charge is -2.10. The summed E-state index contributed by atoms with van der Waals surface area (Å²) in [6.45, 7) is 1.60. The average molecular weight is 421 g/mol. The van der Waals surface area contributed by atoms with Crippen molar-refractivity contribution < 1.29 is 9.47 Å². The van der Waals surface area contributed by atoms with Gasteiger partial charge in [-0.15, -0.1) is 0 Å². The summed E-state index contributed by atoms with van der Waals surface area (Å²) < 4.78 is 11.0. The van der Waals surface area contributed by atoms with Gasteiger partial charge in [0, 0.05) is 12.1 Å². The molecule has 1 aromatic heterocycles. The van der Waals surface area contributed by atoms with Crippen LogP contribution < -0.4 is 31.3 Å². The van der Waals surface area contributed by atoms with Gasteiger partial charge in [-0.2, -0.15) is 0 Å². The number of H-pyrrole nitrogens is 2. The van der Waals surface area contributed by atoms with Crippen LogP contribution in [0.4, 0.5) is 0 Å². The fraction of sp³-hybridized carbons (Fsp3) is 0.250. The summed E-state index contributed by atoms with van der Waals surface area (Å²) in [4.78, 5) is 32.4. The van der Waals surface area contributed by atoms with Crippen molar-refractivity contribution in [1.29, 1.82) is 0 Å². The van der Waals surface area contributed by atoms with E-state index in [9.17, 15) is 9.59 Å². The predicted molar refractivity (Wildman–Crippen MR) is 122 cm³/mol. The second kappa shape index (κ2) is 10.4. The van der Waals surface area contributed by atoms with E-state index < -0.39 is 5.56 Å². The summed E-state index contributed by atoms with van der Waals surface area (Å²) in [5, 5.41) is 0.343. The van der Waals surface area contributed by atoms with Crippen LogP contribution >= 0.6 is 0 Å². The monoisotopic (exact) mass is 421 g/mol. The van der Waals surface area contributed by atoms with Gasteiger partial charge in [-0.1, -0.05) is 30.3 Å². The zero-order valence-corrected chi connectivity index (χ0v) is 18.0. The molecular formula is C24H27N3O4. The molecule has 0 unspecified atom stereocenters. The Bertz CT molecular complexity index is 1240. The number of nitrogens with zero attached hydrogens (tertiary/aromatic N) is 1. The number of ether oxygens (including phenoxy) is 2. The Hall–Kier alpha value is -3.58. The summed E-state index contributed by atoms with van der Waals surface area (Å²) in [6, 6.07) is 14.6. The first-order valence-corrected chi connectivity index (χ1v) is 10.0. The minimum atomic E-state index is -0.391. The van der Waals surface area contributed by atoms with Gasteiger partial charge in [0.05, 0.1) is 13.7 Å². The fourth-order valence-corrected chi connectivity index (χ4v) is 3.04. The molecule has 2 aromatic carbocycles. The van der Waals surface area contributed by atoms with Gasteiger partial charge in [-0.25, -0.2) is 0 Å². The molecule has 0 atom stereocenters. The fourth-order valence-electron chi connectivity index (χ4n) is 3.04. The molecule has 3 aromatic rings. The molecule has 31 heavy (non-hydrogen) atoms. The predicted octanol–water partition coefficient (Wildman–Crippen LogP) is 1.06. The Morgan fingerprint density at radius 2 is 1.55 bits per heavy atom. The molecule has 0 saturated carbocycles. The molecule has 162 valence electrons. The van der Waals surface area contributed by atoms with E-state index in [0.29, 0.717) is 17.9 Å². The average Bonchev–Trinajstić information content (AvgIpc) is 2.76. The summed E-state index contributed by atoms with van der Waals surface area (Å²) in [5.41, 5.74) is 0.703. The van der Waals surface area contributed by atoms with Crippen LogP contribution in [0.5, 0.6) is 11.5 Å². The Morgan fingerprint density at radius 3 is 2.19 bits per heavy atom. The van der Waals surface area contributed by atoms with E-state index in [1.54, 1.807) is 31.4 Å². The van der Waals surface area contributed by atoms with Gasteiger partial charge >= 0.3 is 0 Å². The lowest BCUT2D eigenvalue weighted by Crippen LogP contribution is -2.46. The second-order valence-electron chi connectivity index (χ2n) is 7.34. The number of rotatable bonds is 8. The number of nitrogens with one attached hydrogen (secondary N) is 2. The normalized spacial score (nSPS) is 12.4. The van der Waals surface area contributed by atoms with Crippen molar-refractivity contribution >= 4 is 12.2 Å². The first-order valence-electron chi connectivity index (χ1n) is 10.0. The van der Waals surface area contributed by atoms with Crippen molar-refractivity contribution in [2.24, 2.45) is 0 Å². The quantitative estimate of drug-likeness (QED) is 0.531. The SMILES string of the molecule is COc1ccccc1C=c1[nH]c(=O)c(=Cc2ccc(OCCCN(C)C)cc2)[nH]c1=O. The van der Waals surface area contributed by atoms with Crippen LogP contribution in [-0.2, 0) is 0 Å². The van der Waals surface area contributed by atoms with E-state index in [0.717, 1.165) is 24.3 Å². The van der Waals surface area contributed by atoms with Gasteiger partial charge in [-0.3, -0.25) is 9.59 Å².